The van der Waals surface area contributed by atoms with Crippen LogP contribution in [-0.4, -0.2) is 50.4 Å². The molecule has 6 N–H and O–H groups in total. The molecule has 2 saturated carbocycles. The normalized spacial score (nSPS) is 29.6. The zero-order chi connectivity index (χ0) is 18.5. The largest absolute Gasteiger partial charge is 0.393 e. The van der Waals surface area contributed by atoms with Crippen molar-refractivity contribution in [3.05, 3.63) is 11.8 Å². The molecule has 1 amide bonds. The van der Waals surface area contributed by atoms with E-state index in [1.165, 1.54) is 6.20 Å². The van der Waals surface area contributed by atoms with Crippen molar-refractivity contribution in [1.82, 2.24) is 9.97 Å². The number of anilines is 2. The summed E-state index contributed by atoms with van der Waals surface area (Å²) < 4.78 is 0. The minimum absolute atomic E-state index is 0.0539. The van der Waals surface area contributed by atoms with E-state index < -0.39 is 5.91 Å². The Morgan fingerprint density at radius 2 is 1.73 bits per heavy atom. The van der Waals surface area contributed by atoms with E-state index in [9.17, 15) is 15.0 Å². The molecule has 0 bridgehead atoms. The Kier molecular flexibility index (Phi) is 6.26. The number of hydrogen-bond donors (Lipinski definition) is 5. The monoisotopic (exact) mass is 363 g/mol. The molecule has 2 fully saturated rings. The molecule has 1 aromatic heterocycles. The summed E-state index contributed by atoms with van der Waals surface area (Å²) in [5, 5.41) is 26.2. The second kappa shape index (κ2) is 8.64. The van der Waals surface area contributed by atoms with Crippen LogP contribution in [-0.2, 0) is 0 Å². The van der Waals surface area contributed by atoms with E-state index in [0.29, 0.717) is 18.2 Å². The van der Waals surface area contributed by atoms with E-state index in [2.05, 4.69) is 20.6 Å². The van der Waals surface area contributed by atoms with Gasteiger partial charge in [-0.15, -0.1) is 0 Å². The molecule has 1 aromatic rings. The maximum absolute atomic E-state index is 11.7. The number of amides is 1. The maximum Gasteiger partial charge on any atom is 0.254 e. The predicted octanol–water partition coefficient (Wildman–Crippen LogP) is 1.40. The van der Waals surface area contributed by atoms with Crippen LogP contribution in [0.15, 0.2) is 6.20 Å². The van der Waals surface area contributed by atoms with Gasteiger partial charge in [-0.3, -0.25) is 4.79 Å². The summed E-state index contributed by atoms with van der Waals surface area (Å²) in [5.74, 6) is 0.298. The molecule has 0 aromatic carbocycles. The molecular formula is C18H29N5O3. The number of aliphatic hydroxyl groups excluding tert-OH is 2. The molecule has 2 aliphatic carbocycles. The van der Waals surface area contributed by atoms with Crippen LogP contribution in [0.4, 0.5) is 11.8 Å². The predicted molar refractivity (Wildman–Crippen MR) is 98.9 cm³/mol. The van der Waals surface area contributed by atoms with Crippen molar-refractivity contribution in [2.24, 2.45) is 5.73 Å². The van der Waals surface area contributed by atoms with Gasteiger partial charge in [-0.05, 0) is 44.9 Å². The molecule has 0 saturated heterocycles. The summed E-state index contributed by atoms with van der Waals surface area (Å²) in [6.45, 7) is 0. The summed E-state index contributed by atoms with van der Waals surface area (Å²) >= 11 is 0. The lowest BCUT2D eigenvalue weighted by molar-refractivity contribution is 0.1000. The number of nitrogens with one attached hydrogen (secondary N) is 2. The Bertz CT molecular complexity index is 619. The molecule has 0 radical (unpaired) electrons. The van der Waals surface area contributed by atoms with Gasteiger partial charge in [0.2, 0.25) is 5.95 Å². The summed E-state index contributed by atoms with van der Waals surface area (Å²) in [5.41, 5.74) is 5.73. The van der Waals surface area contributed by atoms with Gasteiger partial charge in [-0.2, -0.15) is 4.98 Å². The van der Waals surface area contributed by atoms with Crippen LogP contribution in [0.25, 0.3) is 0 Å². The maximum atomic E-state index is 11.7. The quantitative estimate of drug-likeness (QED) is 0.499. The average Bonchev–Trinajstić information content (AvgIpc) is 2.81. The lowest BCUT2D eigenvalue weighted by Crippen LogP contribution is -2.30. The molecule has 0 unspecified atom stereocenters. The highest BCUT2D eigenvalue weighted by Crippen LogP contribution is 2.25. The first-order valence-electron chi connectivity index (χ1n) is 9.57. The standard InChI is InChI=1S/C18H29N5O3/c19-16(26)15-10-20-18(22-11-5-7-13(24)8-6-11)23-17(15)21-12-3-1-2-4-14(25)9-12/h10-14,24-25H,1-9H2,(H2,19,26)(H2,20,21,22,23)/t11?,12-,13?,14-/m1/s1. The van der Waals surface area contributed by atoms with Crippen molar-refractivity contribution in [2.75, 3.05) is 10.6 Å². The second-order valence-electron chi connectivity index (χ2n) is 7.49. The molecule has 1 heterocycles. The number of aromatic nitrogens is 2. The van der Waals surface area contributed by atoms with E-state index in [4.69, 9.17) is 5.73 Å². The van der Waals surface area contributed by atoms with Crippen LogP contribution in [0.1, 0.15) is 68.1 Å². The van der Waals surface area contributed by atoms with Crippen LogP contribution in [0.2, 0.25) is 0 Å². The third-order valence-electron chi connectivity index (χ3n) is 5.32. The number of primary amides is 1. The molecule has 2 atom stereocenters. The summed E-state index contributed by atoms with van der Waals surface area (Å²) in [6, 6.07) is 0.267. The van der Waals surface area contributed by atoms with Crippen molar-refractivity contribution in [2.45, 2.75) is 82.1 Å². The number of hydrogen-bond acceptors (Lipinski definition) is 7. The molecule has 8 nitrogen and oxygen atoms in total. The van der Waals surface area contributed by atoms with E-state index in [1.54, 1.807) is 0 Å². The van der Waals surface area contributed by atoms with Crippen LogP contribution in [0.3, 0.4) is 0 Å². The lowest BCUT2D eigenvalue weighted by Gasteiger charge is -2.26. The SMILES string of the molecule is NC(=O)c1cnc(NC2CCC(O)CC2)nc1N[C@@H]1CCCC[C@@H](O)C1. The number of rotatable bonds is 5. The van der Waals surface area contributed by atoms with Gasteiger partial charge in [0, 0.05) is 18.3 Å². The Balaban J connectivity index is 1.72. The first-order chi connectivity index (χ1) is 12.5. The van der Waals surface area contributed by atoms with Gasteiger partial charge in [-0.25, -0.2) is 4.98 Å². The van der Waals surface area contributed by atoms with E-state index >= 15 is 0 Å². The van der Waals surface area contributed by atoms with Gasteiger partial charge >= 0.3 is 0 Å². The molecule has 144 valence electrons. The zero-order valence-electron chi connectivity index (χ0n) is 15.0. The number of aliphatic hydroxyl groups is 2. The van der Waals surface area contributed by atoms with Gasteiger partial charge in [0.1, 0.15) is 5.82 Å². The third kappa shape index (κ3) is 5.04. The number of carbonyl (C=O) groups is 1. The smallest absolute Gasteiger partial charge is 0.254 e. The lowest BCUT2D eigenvalue weighted by atomic mass is 9.93. The molecule has 26 heavy (non-hydrogen) atoms. The van der Waals surface area contributed by atoms with Crippen molar-refractivity contribution >= 4 is 17.7 Å². The fraction of sp³-hybridized carbons (Fsp3) is 0.722. The summed E-state index contributed by atoms with van der Waals surface area (Å²) in [6.07, 6.45) is 8.55. The van der Waals surface area contributed by atoms with Gasteiger partial charge in [0.05, 0.1) is 17.8 Å². The Hall–Kier alpha value is -1.93. The van der Waals surface area contributed by atoms with E-state index in [0.717, 1.165) is 51.4 Å². The highest BCUT2D eigenvalue weighted by atomic mass is 16.3. The molecule has 0 aliphatic heterocycles. The van der Waals surface area contributed by atoms with Crippen LogP contribution >= 0.6 is 0 Å². The fourth-order valence-corrected chi connectivity index (χ4v) is 3.80. The highest BCUT2D eigenvalue weighted by Gasteiger charge is 2.23. The molecular weight excluding hydrogens is 334 g/mol. The highest BCUT2D eigenvalue weighted by molar-refractivity contribution is 5.97. The Morgan fingerprint density at radius 1 is 1.00 bits per heavy atom. The minimum Gasteiger partial charge on any atom is -0.393 e. The number of carbonyl (C=O) groups excluding carboxylic acids is 1. The Morgan fingerprint density at radius 3 is 2.46 bits per heavy atom. The number of nitrogens with zero attached hydrogens (tertiary/aromatic N) is 2. The average molecular weight is 363 g/mol. The van der Waals surface area contributed by atoms with Gasteiger partial charge in [0.25, 0.3) is 5.91 Å². The first-order valence-corrected chi connectivity index (χ1v) is 9.57. The van der Waals surface area contributed by atoms with Gasteiger partial charge < -0.3 is 26.6 Å². The molecule has 2 aliphatic rings. The van der Waals surface area contributed by atoms with Crippen molar-refractivity contribution in [1.29, 1.82) is 0 Å². The fourth-order valence-electron chi connectivity index (χ4n) is 3.80. The zero-order valence-corrected chi connectivity index (χ0v) is 15.0. The van der Waals surface area contributed by atoms with Crippen molar-refractivity contribution in [3.63, 3.8) is 0 Å². The topological polar surface area (TPSA) is 133 Å². The van der Waals surface area contributed by atoms with Crippen LogP contribution in [0, 0.1) is 0 Å². The first kappa shape index (κ1) is 18.8. The Labute approximate surface area is 153 Å². The number of nitrogens with two attached hydrogens (primary N) is 1. The summed E-state index contributed by atoms with van der Waals surface area (Å²) in [7, 11) is 0. The molecule has 8 heteroatoms. The van der Waals surface area contributed by atoms with E-state index in [-0.39, 0.29) is 29.9 Å². The molecule has 0 spiro atoms. The molecule has 3 rings (SSSR count). The van der Waals surface area contributed by atoms with Gasteiger partial charge in [-0.1, -0.05) is 12.8 Å². The van der Waals surface area contributed by atoms with Crippen LogP contribution < -0.4 is 16.4 Å². The van der Waals surface area contributed by atoms with Crippen LogP contribution in [0.5, 0.6) is 0 Å². The van der Waals surface area contributed by atoms with Gasteiger partial charge in [0.15, 0.2) is 0 Å². The van der Waals surface area contributed by atoms with E-state index in [1.807, 2.05) is 0 Å². The summed E-state index contributed by atoms with van der Waals surface area (Å²) in [4.78, 5) is 20.4. The van der Waals surface area contributed by atoms with Crippen molar-refractivity contribution < 1.29 is 15.0 Å². The third-order valence-corrected chi connectivity index (χ3v) is 5.32. The minimum atomic E-state index is -0.575. The van der Waals surface area contributed by atoms with Crippen molar-refractivity contribution in [3.8, 4) is 0 Å². The second-order valence-corrected chi connectivity index (χ2v) is 7.49.